The molecule has 0 N–H and O–H groups in total. The van der Waals surface area contributed by atoms with Crippen LogP contribution >= 0.6 is 0 Å². The fraction of sp³-hybridized carbons (Fsp3) is 0.400. The van der Waals surface area contributed by atoms with E-state index in [1.54, 1.807) is 46.2 Å². The molecular weight excluding hydrogens is 440 g/mol. The summed E-state index contributed by atoms with van der Waals surface area (Å²) in [6.07, 6.45) is 0.849. The second kappa shape index (κ2) is 11.0. The van der Waals surface area contributed by atoms with Gasteiger partial charge in [0, 0.05) is 31.6 Å². The normalized spacial score (nSPS) is 15.4. The molecule has 0 atom stereocenters. The van der Waals surface area contributed by atoms with Crippen molar-refractivity contribution in [2.45, 2.75) is 12.8 Å². The number of methoxy groups -OCH3 is 1. The van der Waals surface area contributed by atoms with Crippen molar-refractivity contribution in [3.05, 3.63) is 48.0 Å². The lowest BCUT2D eigenvalue weighted by Crippen LogP contribution is -2.42. The summed E-state index contributed by atoms with van der Waals surface area (Å²) >= 11 is 0. The Balaban J connectivity index is 1.40. The summed E-state index contributed by atoms with van der Waals surface area (Å²) in [5.41, 5.74) is 0.930. The number of hydrogen-bond acceptors (Lipinski definition) is 7. The van der Waals surface area contributed by atoms with Gasteiger partial charge in [0.05, 0.1) is 26.0 Å². The molecule has 34 heavy (non-hydrogen) atoms. The van der Waals surface area contributed by atoms with E-state index in [4.69, 9.17) is 18.9 Å². The van der Waals surface area contributed by atoms with E-state index in [2.05, 4.69) is 0 Å². The van der Waals surface area contributed by atoms with Crippen LogP contribution in [0.1, 0.15) is 23.2 Å². The Morgan fingerprint density at radius 3 is 2.59 bits per heavy atom. The van der Waals surface area contributed by atoms with E-state index in [0.29, 0.717) is 74.2 Å². The summed E-state index contributed by atoms with van der Waals surface area (Å²) in [5.74, 6) is 1.15. The number of anilines is 1. The zero-order chi connectivity index (χ0) is 23.9. The minimum atomic E-state index is -0.242. The lowest BCUT2D eigenvalue weighted by atomic mass is 10.1. The third-order valence-corrected chi connectivity index (χ3v) is 5.79. The minimum absolute atomic E-state index is 0.0571. The number of ketones is 1. The Morgan fingerprint density at radius 2 is 1.82 bits per heavy atom. The quantitative estimate of drug-likeness (QED) is 0.522. The summed E-state index contributed by atoms with van der Waals surface area (Å²) < 4.78 is 21.7. The lowest BCUT2D eigenvalue weighted by Gasteiger charge is -2.30. The monoisotopic (exact) mass is 468 g/mol. The largest absolute Gasteiger partial charge is 0.493 e. The van der Waals surface area contributed by atoms with Gasteiger partial charge in [-0.1, -0.05) is 12.1 Å². The van der Waals surface area contributed by atoms with Gasteiger partial charge in [-0.05, 0) is 36.8 Å². The minimum Gasteiger partial charge on any atom is -0.493 e. The number of para-hydroxylation sites is 2. The molecule has 1 saturated heterocycles. The number of Topliss-reactive ketones (excluding diaryl/α,β-unsaturated/α-hetero) is 1. The first-order valence-electron chi connectivity index (χ1n) is 11.3. The van der Waals surface area contributed by atoms with Crippen molar-refractivity contribution in [2.24, 2.45) is 0 Å². The molecule has 2 aromatic rings. The highest BCUT2D eigenvalue weighted by Crippen LogP contribution is 2.33. The van der Waals surface area contributed by atoms with Crippen LogP contribution in [0.4, 0.5) is 5.69 Å². The fourth-order valence-corrected chi connectivity index (χ4v) is 3.94. The number of fused-ring (bicyclic) bond motifs is 1. The molecule has 1 fully saturated rings. The first-order chi connectivity index (χ1) is 16.6. The van der Waals surface area contributed by atoms with Crippen LogP contribution in [0.15, 0.2) is 42.5 Å². The molecular formula is C25H28N2O7. The smallest absolute Gasteiger partial charge is 0.265 e. The highest BCUT2D eigenvalue weighted by molar-refractivity contribution is 6.02. The molecule has 2 amide bonds. The molecule has 9 nitrogen and oxygen atoms in total. The summed E-state index contributed by atoms with van der Waals surface area (Å²) in [7, 11) is 1.54. The van der Waals surface area contributed by atoms with Crippen molar-refractivity contribution < 1.29 is 33.3 Å². The van der Waals surface area contributed by atoms with Crippen molar-refractivity contribution in [2.75, 3.05) is 58.1 Å². The number of carbonyl (C=O) groups excluding carboxylic acids is 3. The first-order valence-corrected chi connectivity index (χ1v) is 11.3. The maximum atomic E-state index is 12.8. The molecule has 2 aliphatic rings. The Morgan fingerprint density at radius 1 is 1.06 bits per heavy atom. The zero-order valence-electron chi connectivity index (χ0n) is 19.2. The van der Waals surface area contributed by atoms with E-state index in [1.165, 1.54) is 7.11 Å². The van der Waals surface area contributed by atoms with Gasteiger partial charge in [-0.2, -0.15) is 0 Å². The Labute approximate surface area is 198 Å². The summed E-state index contributed by atoms with van der Waals surface area (Å²) in [4.78, 5) is 41.2. The molecule has 2 aliphatic heterocycles. The van der Waals surface area contributed by atoms with Crippen LogP contribution in [0.3, 0.4) is 0 Å². The van der Waals surface area contributed by atoms with E-state index >= 15 is 0 Å². The predicted molar refractivity (Wildman–Crippen MR) is 124 cm³/mol. The predicted octanol–water partition coefficient (Wildman–Crippen LogP) is 2.32. The number of carbonyl (C=O) groups is 3. The van der Waals surface area contributed by atoms with Crippen molar-refractivity contribution in [1.82, 2.24) is 4.90 Å². The molecule has 4 rings (SSSR count). The number of benzene rings is 2. The standard InChI is InChI=1S/C25H28N2O7/c1-31-22-5-2-3-6-23(22)33-16-20(28)18-8-9-21-19(15-18)27(25(30)17-34-21)10-4-7-24(29)26-11-13-32-14-12-26/h2-3,5-6,8-9,15H,4,7,10-14,16-17H2,1H3. The van der Waals surface area contributed by atoms with Crippen molar-refractivity contribution in [1.29, 1.82) is 0 Å². The summed E-state index contributed by atoms with van der Waals surface area (Å²) in [6.45, 7) is 2.41. The van der Waals surface area contributed by atoms with Gasteiger partial charge in [0.1, 0.15) is 5.75 Å². The SMILES string of the molecule is COc1ccccc1OCC(=O)c1ccc2c(c1)N(CCCC(=O)N1CCOCC1)C(=O)CO2. The van der Waals surface area contributed by atoms with Crippen molar-refractivity contribution in [3.8, 4) is 17.2 Å². The van der Waals surface area contributed by atoms with E-state index < -0.39 is 0 Å². The van der Waals surface area contributed by atoms with Crippen molar-refractivity contribution in [3.63, 3.8) is 0 Å². The fourth-order valence-electron chi connectivity index (χ4n) is 3.94. The molecule has 2 aromatic carbocycles. The molecule has 0 saturated carbocycles. The van der Waals surface area contributed by atoms with Gasteiger partial charge < -0.3 is 28.7 Å². The number of ether oxygens (including phenoxy) is 4. The van der Waals surface area contributed by atoms with Crippen LogP contribution < -0.4 is 19.1 Å². The molecule has 0 radical (unpaired) electrons. The molecule has 0 bridgehead atoms. The van der Waals surface area contributed by atoms with Crippen LogP contribution in [0.5, 0.6) is 17.2 Å². The first kappa shape index (κ1) is 23.6. The zero-order valence-corrected chi connectivity index (χ0v) is 19.2. The average molecular weight is 469 g/mol. The highest BCUT2D eigenvalue weighted by Gasteiger charge is 2.27. The highest BCUT2D eigenvalue weighted by atomic mass is 16.5. The molecule has 0 aliphatic carbocycles. The van der Waals surface area contributed by atoms with Crippen LogP contribution in [0, 0.1) is 0 Å². The van der Waals surface area contributed by atoms with Gasteiger partial charge in [-0.3, -0.25) is 14.4 Å². The second-order valence-corrected chi connectivity index (χ2v) is 7.98. The van der Waals surface area contributed by atoms with Crippen LogP contribution in [0.2, 0.25) is 0 Å². The number of amides is 2. The maximum absolute atomic E-state index is 12.8. The molecule has 2 heterocycles. The van der Waals surface area contributed by atoms with Gasteiger partial charge in [-0.15, -0.1) is 0 Å². The lowest BCUT2D eigenvalue weighted by molar-refractivity contribution is -0.135. The third-order valence-electron chi connectivity index (χ3n) is 5.79. The van der Waals surface area contributed by atoms with E-state index in [-0.39, 0.29) is 30.8 Å². The topological polar surface area (TPSA) is 94.6 Å². The van der Waals surface area contributed by atoms with E-state index in [1.807, 2.05) is 6.07 Å². The average Bonchev–Trinajstić information content (AvgIpc) is 2.88. The maximum Gasteiger partial charge on any atom is 0.265 e. The van der Waals surface area contributed by atoms with Crippen LogP contribution in [-0.4, -0.2) is 75.7 Å². The van der Waals surface area contributed by atoms with Gasteiger partial charge >= 0.3 is 0 Å². The Bertz CT molecular complexity index is 1050. The molecule has 0 aromatic heterocycles. The molecule has 0 unspecified atom stereocenters. The Kier molecular flexibility index (Phi) is 7.64. The Hall–Kier alpha value is -3.59. The van der Waals surface area contributed by atoms with E-state index in [9.17, 15) is 14.4 Å². The van der Waals surface area contributed by atoms with Gasteiger partial charge in [0.2, 0.25) is 5.91 Å². The van der Waals surface area contributed by atoms with Crippen molar-refractivity contribution >= 4 is 23.3 Å². The third kappa shape index (κ3) is 5.48. The number of morpholine rings is 1. The molecule has 9 heteroatoms. The van der Waals surface area contributed by atoms with Crippen LogP contribution in [-0.2, 0) is 14.3 Å². The number of rotatable bonds is 9. The summed E-state index contributed by atoms with van der Waals surface area (Å²) in [5, 5.41) is 0. The van der Waals surface area contributed by atoms with Gasteiger partial charge in [0.15, 0.2) is 30.5 Å². The molecule has 180 valence electrons. The second-order valence-electron chi connectivity index (χ2n) is 7.98. The number of hydrogen-bond donors (Lipinski definition) is 0. The van der Waals surface area contributed by atoms with Crippen LogP contribution in [0.25, 0.3) is 0 Å². The van der Waals surface area contributed by atoms with Gasteiger partial charge in [-0.25, -0.2) is 0 Å². The van der Waals surface area contributed by atoms with E-state index in [0.717, 1.165) is 0 Å². The van der Waals surface area contributed by atoms with Gasteiger partial charge in [0.25, 0.3) is 5.91 Å². The molecule has 0 spiro atoms. The summed E-state index contributed by atoms with van der Waals surface area (Å²) in [6, 6.07) is 12.1. The number of nitrogens with zero attached hydrogens (tertiary/aromatic N) is 2.